The van der Waals surface area contributed by atoms with E-state index < -0.39 is 41.2 Å². The monoisotopic (exact) mass is 485 g/mol. The third-order valence-electron chi connectivity index (χ3n) is 5.28. The van der Waals surface area contributed by atoms with Gasteiger partial charge in [-0.3, -0.25) is 0 Å². The number of morpholine rings is 1. The first-order chi connectivity index (χ1) is 16.0. The number of carbonyl (C=O) groups excluding carboxylic acids is 1. The Labute approximate surface area is 190 Å². The number of aryl methyl sites for hydroxylation is 1. The van der Waals surface area contributed by atoms with Gasteiger partial charge in [0, 0.05) is 30.1 Å². The molecule has 2 amide bonds. The van der Waals surface area contributed by atoms with Crippen LogP contribution in [-0.4, -0.2) is 48.0 Å². The first-order valence-corrected chi connectivity index (χ1v) is 10.2. The van der Waals surface area contributed by atoms with Crippen LogP contribution in [0.25, 0.3) is 11.0 Å². The van der Waals surface area contributed by atoms with Gasteiger partial charge in [-0.1, -0.05) is 0 Å². The van der Waals surface area contributed by atoms with Crippen molar-refractivity contribution in [3.63, 3.8) is 0 Å². The van der Waals surface area contributed by atoms with Crippen LogP contribution >= 0.6 is 0 Å². The lowest BCUT2D eigenvalue weighted by Gasteiger charge is -2.31. The summed E-state index contributed by atoms with van der Waals surface area (Å²) in [7, 11) is 0. The Hall–Kier alpha value is -3.48. The summed E-state index contributed by atoms with van der Waals surface area (Å²) in [5, 5.41) is 3.85. The number of benzene rings is 1. The maximum absolute atomic E-state index is 14.0. The van der Waals surface area contributed by atoms with E-state index in [4.69, 9.17) is 9.15 Å². The van der Waals surface area contributed by atoms with Crippen molar-refractivity contribution < 1.29 is 35.9 Å². The number of fused-ring (bicyclic) bond motifs is 1. The summed E-state index contributed by atoms with van der Waals surface area (Å²) in [4.78, 5) is 22.5. The normalized spacial score (nSPS) is 17.6. The van der Waals surface area contributed by atoms with Crippen molar-refractivity contribution in [3.8, 4) is 0 Å². The molecule has 182 valence electrons. The molecule has 1 aliphatic heterocycles. The second-order valence-corrected chi connectivity index (χ2v) is 7.83. The lowest BCUT2D eigenvalue weighted by molar-refractivity contribution is -0.158. The lowest BCUT2D eigenvalue weighted by Crippen LogP contribution is -2.42. The van der Waals surface area contributed by atoms with E-state index in [-0.39, 0.29) is 22.7 Å². The number of halogens is 5. The highest BCUT2D eigenvalue weighted by Crippen LogP contribution is 2.39. The van der Waals surface area contributed by atoms with Crippen LogP contribution in [-0.2, 0) is 4.74 Å². The van der Waals surface area contributed by atoms with Crippen LogP contribution in [0.2, 0.25) is 0 Å². The number of urea groups is 1. The summed E-state index contributed by atoms with van der Waals surface area (Å²) in [6.07, 6.45) is -2.48. The quantitative estimate of drug-likeness (QED) is 0.531. The van der Waals surface area contributed by atoms with Gasteiger partial charge in [-0.05, 0) is 19.9 Å². The zero-order valence-corrected chi connectivity index (χ0v) is 18.0. The van der Waals surface area contributed by atoms with Crippen LogP contribution in [0.15, 0.2) is 28.9 Å². The van der Waals surface area contributed by atoms with E-state index in [0.29, 0.717) is 31.7 Å². The number of ether oxygens (including phenoxy) is 1. The van der Waals surface area contributed by atoms with E-state index in [1.54, 1.807) is 5.32 Å². The Morgan fingerprint density at radius 2 is 1.94 bits per heavy atom. The summed E-state index contributed by atoms with van der Waals surface area (Å²) in [6, 6.07) is -2.47. The minimum absolute atomic E-state index is 0.00750. The Bertz CT molecular complexity index is 1200. The molecule has 3 aromatic rings. The number of hydrogen-bond donors (Lipinski definition) is 2. The number of carbonyl (C=O) groups is 1. The fraction of sp³-hybridized carbons (Fsp3) is 0.381. The van der Waals surface area contributed by atoms with Gasteiger partial charge in [0.15, 0.2) is 17.4 Å². The van der Waals surface area contributed by atoms with Crippen LogP contribution in [0.5, 0.6) is 0 Å². The smallest absolute Gasteiger partial charge is 0.416 e. The molecule has 2 N–H and O–H groups in total. The summed E-state index contributed by atoms with van der Waals surface area (Å²) in [5.74, 6) is -2.48. The molecule has 1 fully saturated rings. The van der Waals surface area contributed by atoms with E-state index >= 15 is 0 Å². The molecule has 2 atom stereocenters. The number of nitrogens with one attached hydrogen (secondary N) is 2. The maximum Gasteiger partial charge on any atom is 0.416 e. The highest BCUT2D eigenvalue weighted by atomic mass is 19.4. The van der Waals surface area contributed by atoms with Gasteiger partial charge in [0.2, 0.25) is 5.95 Å². The van der Waals surface area contributed by atoms with Gasteiger partial charge in [-0.2, -0.15) is 13.2 Å². The zero-order chi connectivity index (χ0) is 24.6. The molecule has 1 aromatic carbocycles. The van der Waals surface area contributed by atoms with Crippen LogP contribution in [0.3, 0.4) is 0 Å². The number of anilines is 2. The number of aromatic nitrogens is 2. The molecule has 0 radical (unpaired) electrons. The van der Waals surface area contributed by atoms with Crippen molar-refractivity contribution in [3.05, 3.63) is 47.5 Å². The summed E-state index contributed by atoms with van der Waals surface area (Å²) in [5.41, 5.74) is -0.631. The predicted molar refractivity (Wildman–Crippen MR) is 111 cm³/mol. The molecule has 1 saturated heterocycles. The molecule has 2 aromatic heterocycles. The standard InChI is InChI=1S/C21H20F5N5O3/c1-10-9-31(3-4-33-10)19-27-7-13(8-28-19)29-20(32)30-18(21(24,25)26)16-11(2)14-5-12(22)6-15(23)17(14)34-16/h5-8,10,18H,3-4,9H2,1-2H3,(H2,29,30,32)/t10-,18+/m1/s1. The van der Waals surface area contributed by atoms with E-state index in [9.17, 15) is 26.7 Å². The number of nitrogens with zero attached hydrogens (tertiary/aromatic N) is 3. The molecule has 0 unspecified atom stereocenters. The fourth-order valence-electron chi connectivity index (χ4n) is 3.68. The van der Waals surface area contributed by atoms with Crippen molar-refractivity contribution in [2.45, 2.75) is 32.2 Å². The van der Waals surface area contributed by atoms with Crippen molar-refractivity contribution in [2.75, 3.05) is 29.9 Å². The Morgan fingerprint density at radius 3 is 2.59 bits per heavy atom. The van der Waals surface area contributed by atoms with Crippen molar-refractivity contribution in [1.29, 1.82) is 0 Å². The largest absolute Gasteiger partial charge is 0.455 e. The number of alkyl halides is 3. The Morgan fingerprint density at radius 1 is 1.24 bits per heavy atom. The van der Waals surface area contributed by atoms with E-state index in [2.05, 4.69) is 15.3 Å². The summed E-state index contributed by atoms with van der Waals surface area (Å²) < 4.78 is 79.4. The van der Waals surface area contributed by atoms with Gasteiger partial charge in [0.1, 0.15) is 11.6 Å². The maximum atomic E-state index is 14.0. The molecule has 0 saturated carbocycles. The average molecular weight is 485 g/mol. The number of rotatable bonds is 4. The molecule has 0 aliphatic carbocycles. The van der Waals surface area contributed by atoms with Crippen LogP contribution < -0.4 is 15.5 Å². The predicted octanol–water partition coefficient (Wildman–Crippen LogP) is 4.46. The number of furan rings is 1. The van der Waals surface area contributed by atoms with E-state index in [1.165, 1.54) is 19.3 Å². The minimum Gasteiger partial charge on any atom is -0.455 e. The molecule has 1 aliphatic rings. The van der Waals surface area contributed by atoms with Gasteiger partial charge in [-0.25, -0.2) is 23.5 Å². The van der Waals surface area contributed by atoms with E-state index in [1.807, 2.05) is 11.8 Å². The van der Waals surface area contributed by atoms with Crippen LogP contribution in [0, 0.1) is 18.6 Å². The SMILES string of the molecule is Cc1c([C@H](NC(=O)Nc2cnc(N3CCO[C@H](C)C3)nc2)C(F)(F)F)oc2c(F)cc(F)cc12. The minimum atomic E-state index is -4.99. The lowest BCUT2D eigenvalue weighted by atomic mass is 10.1. The van der Waals surface area contributed by atoms with Gasteiger partial charge in [0.05, 0.1) is 30.8 Å². The summed E-state index contributed by atoms with van der Waals surface area (Å²) in [6.45, 7) is 4.77. The third kappa shape index (κ3) is 4.88. The molecular weight excluding hydrogens is 465 g/mol. The van der Waals surface area contributed by atoms with Crippen LogP contribution in [0.4, 0.5) is 38.4 Å². The van der Waals surface area contributed by atoms with Gasteiger partial charge in [-0.15, -0.1) is 0 Å². The van der Waals surface area contributed by atoms with Crippen molar-refractivity contribution in [2.24, 2.45) is 0 Å². The highest BCUT2D eigenvalue weighted by molar-refractivity contribution is 5.89. The Kier molecular flexibility index (Phi) is 6.30. The number of hydrogen-bond acceptors (Lipinski definition) is 6. The Balaban J connectivity index is 1.51. The summed E-state index contributed by atoms with van der Waals surface area (Å²) >= 11 is 0. The van der Waals surface area contributed by atoms with Crippen molar-refractivity contribution >= 4 is 28.6 Å². The molecule has 34 heavy (non-hydrogen) atoms. The molecule has 0 bridgehead atoms. The average Bonchev–Trinajstić information content (AvgIpc) is 3.08. The second kappa shape index (κ2) is 9.05. The molecular formula is C21H20F5N5O3. The number of amides is 2. The first kappa shape index (κ1) is 23.7. The van der Waals surface area contributed by atoms with E-state index in [0.717, 1.165) is 6.07 Å². The molecule has 0 spiro atoms. The van der Waals surface area contributed by atoms with Crippen LogP contribution in [0.1, 0.15) is 24.3 Å². The molecule has 4 rings (SSSR count). The first-order valence-electron chi connectivity index (χ1n) is 10.2. The second-order valence-electron chi connectivity index (χ2n) is 7.83. The fourth-order valence-corrected chi connectivity index (χ4v) is 3.68. The zero-order valence-electron chi connectivity index (χ0n) is 18.0. The highest BCUT2D eigenvalue weighted by Gasteiger charge is 2.45. The molecule has 8 nitrogen and oxygen atoms in total. The van der Waals surface area contributed by atoms with Gasteiger partial charge >= 0.3 is 12.2 Å². The molecule has 3 heterocycles. The third-order valence-corrected chi connectivity index (χ3v) is 5.28. The molecule has 13 heteroatoms. The van der Waals surface area contributed by atoms with Gasteiger partial charge in [0.25, 0.3) is 0 Å². The van der Waals surface area contributed by atoms with Gasteiger partial charge < -0.3 is 24.7 Å². The van der Waals surface area contributed by atoms with Crippen molar-refractivity contribution in [1.82, 2.24) is 15.3 Å². The topological polar surface area (TPSA) is 92.5 Å².